The van der Waals surface area contributed by atoms with Crippen molar-refractivity contribution in [3.05, 3.63) is 12.4 Å². The van der Waals surface area contributed by atoms with Gasteiger partial charge in [0, 0.05) is 25.7 Å². The first-order valence-electron chi connectivity index (χ1n) is 8.46. The Kier molecular flexibility index (Phi) is 4.85. The Bertz CT molecular complexity index is 562. The summed E-state index contributed by atoms with van der Waals surface area (Å²) in [4.78, 5) is 10.5. The van der Waals surface area contributed by atoms with Crippen LogP contribution in [0.25, 0.3) is 0 Å². The Hall–Kier alpha value is -1.57. The fourth-order valence-corrected chi connectivity index (χ4v) is 3.60. The van der Waals surface area contributed by atoms with Crippen molar-refractivity contribution in [2.24, 2.45) is 5.92 Å². The van der Waals surface area contributed by atoms with Crippen LogP contribution in [0.4, 0.5) is 24.8 Å². The minimum Gasteiger partial charge on any atom is -0.388 e. The standard InChI is InChI=1S/C16H23F3N4O/c17-16(18,19)12-4-3-5-15(24,9-12)10-20-13-8-14(22-11-21-13)23-6-1-2-7-23/h8,11-12,24H,1-7,9-10H2,(H,20,21,22)/t12-,15+/m1/s1. The van der Waals surface area contributed by atoms with E-state index in [-0.39, 0.29) is 19.4 Å². The monoisotopic (exact) mass is 344 g/mol. The average Bonchev–Trinajstić information content (AvgIpc) is 3.07. The summed E-state index contributed by atoms with van der Waals surface area (Å²) in [5.41, 5.74) is -1.35. The molecule has 2 atom stereocenters. The lowest BCUT2D eigenvalue weighted by atomic mass is 9.77. The maximum atomic E-state index is 12.9. The Morgan fingerprint density at radius 2 is 2.00 bits per heavy atom. The molecule has 0 unspecified atom stereocenters. The van der Waals surface area contributed by atoms with Gasteiger partial charge in [0.25, 0.3) is 0 Å². The van der Waals surface area contributed by atoms with Crippen LogP contribution in [-0.4, -0.2) is 46.5 Å². The number of alkyl halides is 3. The molecule has 8 heteroatoms. The Labute approximate surface area is 139 Å². The normalized spacial score (nSPS) is 28.2. The minimum atomic E-state index is -4.24. The minimum absolute atomic E-state index is 0.0655. The Morgan fingerprint density at radius 1 is 1.25 bits per heavy atom. The van der Waals surface area contributed by atoms with Gasteiger partial charge in [-0.15, -0.1) is 0 Å². The molecule has 1 saturated heterocycles. The van der Waals surface area contributed by atoms with Crippen molar-refractivity contribution in [2.45, 2.75) is 50.3 Å². The van der Waals surface area contributed by atoms with Crippen molar-refractivity contribution in [1.82, 2.24) is 9.97 Å². The first-order valence-corrected chi connectivity index (χ1v) is 8.46. The lowest BCUT2D eigenvalue weighted by molar-refractivity contribution is -0.199. The van der Waals surface area contributed by atoms with Crippen LogP contribution in [0.2, 0.25) is 0 Å². The molecular formula is C16H23F3N4O. The van der Waals surface area contributed by atoms with Crippen LogP contribution in [0.15, 0.2) is 12.4 Å². The predicted octanol–water partition coefficient (Wildman–Crippen LogP) is 2.97. The van der Waals surface area contributed by atoms with E-state index >= 15 is 0 Å². The van der Waals surface area contributed by atoms with E-state index in [1.165, 1.54) is 6.33 Å². The van der Waals surface area contributed by atoms with Crippen LogP contribution in [0.1, 0.15) is 38.5 Å². The summed E-state index contributed by atoms with van der Waals surface area (Å²) in [6, 6.07) is 1.79. The molecule has 1 aromatic rings. The lowest BCUT2D eigenvalue weighted by Gasteiger charge is -2.37. The molecule has 1 aliphatic heterocycles. The lowest BCUT2D eigenvalue weighted by Crippen LogP contribution is -2.45. The number of halogens is 3. The van der Waals surface area contributed by atoms with Gasteiger partial charge in [-0.05, 0) is 38.5 Å². The molecule has 2 heterocycles. The molecular weight excluding hydrogens is 321 g/mol. The summed E-state index contributed by atoms with van der Waals surface area (Å²) < 4.78 is 38.7. The first kappa shape index (κ1) is 17.3. The molecule has 3 rings (SSSR count). The zero-order valence-corrected chi connectivity index (χ0v) is 13.5. The van der Waals surface area contributed by atoms with Gasteiger partial charge in [0.15, 0.2) is 0 Å². The molecule has 2 N–H and O–H groups in total. The maximum Gasteiger partial charge on any atom is 0.391 e. The fraction of sp³-hybridized carbons (Fsp3) is 0.750. The molecule has 0 bridgehead atoms. The molecule has 5 nitrogen and oxygen atoms in total. The second kappa shape index (κ2) is 6.74. The van der Waals surface area contributed by atoms with Gasteiger partial charge in [-0.2, -0.15) is 13.2 Å². The van der Waals surface area contributed by atoms with Crippen LogP contribution in [0.5, 0.6) is 0 Å². The molecule has 1 saturated carbocycles. The van der Waals surface area contributed by atoms with Crippen molar-refractivity contribution in [2.75, 3.05) is 29.9 Å². The smallest absolute Gasteiger partial charge is 0.388 e. The van der Waals surface area contributed by atoms with E-state index in [1.54, 1.807) is 6.07 Å². The van der Waals surface area contributed by atoms with E-state index in [0.29, 0.717) is 18.7 Å². The predicted molar refractivity (Wildman–Crippen MR) is 84.9 cm³/mol. The van der Waals surface area contributed by atoms with Crippen molar-refractivity contribution >= 4 is 11.6 Å². The van der Waals surface area contributed by atoms with Crippen molar-refractivity contribution in [3.63, 3.8) is 0 Å². The van der Waals surface area contributed by atoms with Gasteiger partial charge >= 0.3 is 6.18 Å². The zero-order valence-electron chi connectivity index (χ0n) is 13.5. The number of hydrogen-bond donors (Lipinski definition) is 2. The van der Waals surface area contributed by atoms with Gasteiger partial charge in [0.1, 0.15) is 18.0 Å². The van der Waals surface area contributed by atoms with Crippen LogP contribution < -0.4 is 10.2 Å². The van der Waals surface area contributed by atoms with Crippen LogP contribution in [-0.2, 0) is 0 Å². The molecule has 0 amide bonds. The van der Waals surface area contributed by atoms with E-state index in [9.17, 15) is 18.3 Å². The molecule has 0 spiro atoms. The second-order valence-corrected chi connectivity index (χ2v) is 6.87. The summed E-state index contributed by atoms with van der Waals surface area (Å²) in [6.07, 6.45) is 0.0517. The second-order valence-electron chi connectivity index (χ2n) is 6.87. The molecule has 24 heavy (non-hydrogen) atoms. The number of anilines is 2. The molecule has 1 aliphatic carbocycles. The van der Waals surface area contributed by atoms with Gasteiger partial charge in [-0.25, -0.2) is 9.97 Å². The SMILES string of the molecule is O[C@@]1(CNc2cc(N3CCCC3)ncn2)CCC[C@@H](C(F)(F)F)C1. The van der Waals surface area contributed by atoms with E-state index < -0.39 is 17.7 Å². The summed E-state index contributed by atoms with van der Waals surface area (Å²) >= 11 is 0. The number of nitrogens with one attached hydrogen (secondary N) is 1. The molecule has 1 aromatic heterocycles. The summed E-state index contributed by atoms with van der Waals surface area (Å²) in [5.74, 6) is -0.0770. The number of aromatic nitrogens is 2. The molecule has 2 fully saturated rings. The molecule has 0 radical (unpaired) electrons. The van der Waals surface area contributed by atoms with E-state index in [2.05, 4.69) is 20.2 Å². The third-order valence-corrected chi connectivity index (χ3v) is 4.97. The van der Waals surface area contributed by atoms with Crippen molar-refractivity contribution in [3.8, 4) is 0 Å². The summed E-state index contributed by atoms with van der Waals surface area (Å²) in [6.45, 7) is 1.97. The van der Waals surface area contributed by atoms with E-state index in [0.717, 1.165) is 31.7 Å². The first-order chi connectivity index (χ1) is 11.4. The van der Waals surface area contributed by atoms with Crippen LogP contribution >= 0.6 is 0 Å². The highest BCUT2D eigenvalue weighted by molar-refractivity contribution is 5.49. The highest BCUT2D eigenvalue weighted by Gasteiger charge is 2.46. The number of nitrogens with zero attached hydrogens (tertiary/aromatic N) is 3. The number of aliphatic hydroxyl groups is 1. The molecule has 134 valence electrons. The van der Waals surface area contributed by atoms with Gasteiger partial charge in [-0.1, -0.05) is 0 Å². The van der Waals surface area contributed by atoms with Gasteiger partial charge < -0.3 is 15.3 Å². The quantitative estimate of drug-likeness (QED) is 0.879. The largest absolute Gasteiger partial charge is 0.391 e. The summed E-state index contributed by atoms with van der Waals surface area (Å²) in [5, 5.41) is 13.5. The van der Waals surface area contributed by atoms with Crippen molar-refractivity contribution < 1.29 is 18.3 Å². The van der Waals surface area contributed by atoms with E-state index in [4.69, 9.17) is 0 Å². The topological polar surface area (TPSA) is 61.3 Å². The average molecular weight is 344 g/mol. The zero-order chi connectivity index (χ0) is 17.2. The van der Waals surface area contributed by atoms with Gasteiger partial charge in [0.2, 0.25) is 0 Å². The number of rotatable bonds is 4. The van der Waals surface area contributed by atoms with Crippen LogP contribution in [0, 0.1) is 5.92 Å². The number of hydrogen-bond acceptors (Lipinski definition) is 5. The molecule has 2 aliphatic rings. The summed E-state index contributed by atoms with van der Waals surface area (Å²) in [7, 11) is 0. The Balaban J connectivity index is 1.61. The third-order valence-electron chi connectivity index (χ3n) is 4.97. The molecule has 0 aromatic carbocycles. The highest BCUT2D eigenvalue weighted by atomic mass is 19.4. The highest BCUT2D eigenvalue weighted by Crippen LogP contribution is 2.41. The van der Waals surface area contributed by atoms with E-state index in [1.807, 2.05) is 0 Å². The fourth-order valence-electron chi connectivity index (χ4n) is 3.60. The van der Waals surface area contributed by atoms with Crippen LogP contribution in [0.3, 0.4) is 0 Å². The van der Waals surface area contributed by atoms with Gasteiger partial charge in [0.05, 0.1) is 11.5 Å². The Morgan fingerprint density at radius 3 is 2.71 bits per heavy atom. The van der Waals surface area contributed by atoms with Gasteiger partial charge in [-0.3, -0.25) is 0 Å². The maximum absolute atomic E-state index is 12.9. The third kappa shape index (κ3) is 4.09. The van der Waals surface area contributed by atoms with Crippen molar-refractivity contribution in [1.29, 1.82) is 0 Å².